The minimum absolute atomic E-state index is 5.25. The molecule has 0 aromatic carbocycles. The van der Waals surface area contributed by atoms with Crippen LogP contribution in [-0.4, -0.2) is 58.2 Å². The molecule has 0 atom stereocenters. The minimum atomic E-state index is -5.25. The molecule has 0 heterocycles. The molecule has 0 aliphatic heterocycles. The van der Waals surface area contributed by atoms with Crippen LogP contribution in [0.4, 0.5) is 0 Å². The van der Waals surface area contributed by atoms with Crippen LogP contribution in [0.15, 0.2) is 0 Å². The van der Waals surface area contributed by atoms with Gasteiger partial charge in [-0.1, -0.05) is 0 Å². The molecule has 14 N–H and O–H groups in total. The average molecular weight is 826 g/mol. The van der Waals surface area contributed by atoms with Crippen molar-refractivity contribution in [2.45, 2.75) is 0 Å². The van der Waals surface area contributed by atoms with Crippen LogP contribution in [-0.2, 0) is 149 Å². The van der Waals surface area contributed by atoms with E-state index in [0.717, 1.165) is 0 Å². The summed E-state index contributed by atoms with van der Waals surface area (Å²) in [4.78, 5) is 0. The van der Waals surface area contributed by atoms with Crippen molar-refractivity contribution >= 4 is 0 Å². The molecular formula is H14Cr7O28. The zero-order valence-electron chi connectivity index (χ0n) is 14.8. The fraction of sp³-hybridized carbons (Fsp3) is 0. The third-order valence-electron chi connectivity index (χ3n) is 0. The van der Waals surface area contributed by atoms with Crippen LogP contribution in [0.2, 0.25) is 0 Å². The van der Waals surface area contributed by atoms with Gasteiger partial charge in [-0.05, 0) is 0 Å². The molecule has 0 radical (unpaired) electrons. The molecule has 28 nitrogen and oxygen atoms in total. The summed E-state index contributed by atoms with van der Waals surface area (Å²) in [6.45, 7) is 0. The maximum absolute atomic E-state index is 8.82. The second-order valence-electron chi connectivity index (χ2n) is 3.13. The van der Waals surface area contributed by atoms with Gasteiger partial charge in [-0.15, -0.1) is 0 Å². The van der Waals surface area contributed by atoms with Gasteiger partial charge in [0.1, 0.15) is 0 Å². The van der Waals surface area contributed by atoms with Crippen molar-refractivity contribution in [2.24, 2.45) is 0 Å². The first-order valence-corrected chi connectivity index (χ1v) is 20.2. The van der Waals surface area contributed by atoms with Crippen molar-refractivity contribution in [2.75, 3.05) is 0 Å². The summed E-state index contributed by atoms with van der Waals surface area (Å²) in [5.41, 5.74) is 0. The number of hydrogen-bond acceptors (Lipinski definition) is 14. The Kier molecular flexibility index (Phi) is 31.6. The predicted molar refractivity (Wildman–Crippen MR) is 40.7 cm³/mol. The number of hydrogen-bond donors (Lipinski definition) is 14. The third-order valence-corrected chi connectivity index (χ3v) is 0. The van der Waals surface area contributed by atoms with Crippen LogP contribution in [0.3, 0.4) is 0 Å². The van der Waals surface area contributed by atoms with E-state index in [2.05, 4.69) is 0 Å². The van der Waals surface area contributed by atoms with Gasteiger partial charge in [0.05, 0.1) is 0 Å². The Morgan fingerprint density at radius 2 is 0.171 bits per heavy atom. The van der Waals surface area contributed by atoms with Gasteiger partial charge in [0.15, 0.2) is 0 Å². The van der Waals surface area contributed by atoms with Crippen LogP contribution in [0, 0.1) is 0 Å². The van der Waals surface area contributed by atoms with Crippen molar-refractivity contribution in [3.63, 3.8) is 0 Å². The van der Waals surface area contributed by atoms with Crippen molar-refractivity contribution in [1.82, 2.24) is 0 Å². The van der Waals surface area contributed by atoms with Crippen LogP contribution >= 0.6 is 0 Å². The molecular weight excluding hydrogens is 812 g/mol. The van der Waals surface area contributed by atoms with Gasteiger partial charge < -0.3 is 0 Å². The van der Waals surface area contributed by atoms with Gasteiger partial charge in [-0.2, -0.15) is 0 Å². The summed E-state index contributed by atoms with van der Waals surface area (Å²) in [5, 5.41) is 0. The zero-order chi connectivity index (χ0) is 31.5. The maximum atomic E-state index is 8.82. The van der Waals surface area contributed by atoms with Gasteiger partial charge in [0, 0.05) is 0 Å². The van der Waals surface area contributed by atoms with Crippen molar-refractivity contribution in [3.05, 3.63) is 0 Å². The fourth-order valence-electron chi connectivity index (χ4n) is 0. The molecule has 0 saturated heterocycles. The molecule has 35 heavy (non-hydrogen) atoms. The first-order valence-electron chi connectivity index (χ1n) is 4.89. The summed E-state index contributed by atoms with van der Waals surface area (Å²) in [7, 11) is 0. The molecule has 0 aliphatic rings. The molecule has 0 aliphatic carbocycles. The molecule has 0 aromatic heterocycles. The first kappa shape index (κ1) is 51.9. The molecule has 0 saturated carbocycles. The molecule has 0 spiro atoms. The first-order chi connectivity index (χ1) is 14.0. The molecule has 0 bridgehead atoms. The molecule has 224 valence electrons. The van der Waals surface area contributed by atoms with Gasteiger partial charge in [-0.3, -0.25) is 0 Å². The predicted octanol–water partition coefficient (Wildman–Crippen LogP) is -9.48. The molecule has 0 amide bonds. The van der Waals surface area contributed by atoms with E-state index in [9.17, 15) is 0 Å². The van der Waals surface area contributed by atoms with Crippen LogP contribution in [0.1, 0.15) is 0 Å². The standard InChI is InChI=1S/7Cr.14H2O.14O/h;;;;;;;14*1H2;;;;;;;;;;;;;;/q7*+2;;;;;;;;;;;;;;;;;;;;;;;;;;;;/p-14. The Hall–Kier alpha value is 0.367. The van der Waals surface area contributed by atoms with E-state index in [1.165, 1.54) is 0 Å². The normalized spacial score (nSPS) is 11.6. The Balaban J connectivity index is -0.0000000523. The molecule has 0 fully saturated rings. The Bertz CT molecular complexity index is 902. The van der Waals surface area contributed by atoms with Crippen LogP contribution in [0.5, 0.6) is 0 Å². The molecule has 35 heteroatoms. The summed E-state index contributed by atoms with van der Waals surface area (Å²) in [5.74, 6) is 0. The third kappa shape index (κ3) is 267000. The second kappa shape index (κ2) is 21.3. The van der Waals surface area contributed by atoms with Gasteiger partial charge in [0.2, 0.25) is 0 Å². The van der Waals surface area contributed by atoms with Gasteiger partial charge in [-0.25, -0.2) is 0 Å². The van der Waals surface area contributed by atoms with Crippen LogP contribution < -0.4 is 0 Å². The fourth-order valence-corrected chi connectivity index (χ4v) is 0. The molecule has 0 rings (SSSR count). The van der Waals surface area contributed by atoms with Crippen LogP contribution in [0.25, 0.3) is 0 Å². The Morgan fingerprint density at radius 3 is 0.171 bits per heavy atom. The Morgan fingerprint density at radius 1 is 0.171 bits per heavy atom. The van der Waals surface area contributed by atoms with E-state index in [0.29, 0.717) is 0 Å². The number of rotatable bonds is 0. The molecule has 0 unspecified atom stereocenters. The summed E-state index contributed by atoms with van der Waals surface area (Å²) in [6, 6.07) is 0. The van der Waals surface area contributed by atoms with E-state index in [4.69, 9.17) is 111 Å². The van der Waals surface area contributed by atoms with Crippen molar-refractivity contribution < 1.29 is 207 Å². The summed E-state index contributed by atoms with van der Waals surface area (Å²) >= 11 is -36.8. The van der Waals surface area contributed by atoms with E-state index in [1.807, 2.05) is 0 Å². The quantitative estimate of drug-likeness (QED) is 0.108. The van der Waals surface area contributed by atoms with E-state index in [-0.39, 0.29) is 0 Å². The van der Waals surface area contributed by atoms with E-state index >= 15 is 0 Å². The van der Waals surface area contributed by atoms with Gasteiger partial charge >= 0.3 is 207 Å². The molecule has 0 aromatic rings. The van der Waals surface area contributed by atoms with E-state index in [1.54, 1.807) is 0 Å². The van der Waals surface area contributed by atoms with E-state index < -0.39 is 95.3 Å². The topological polar surface area (TPSA) is 522 Å². The summed E-state index contributed by atoms with van der Waals surface area (Å²) < 4.78 is 223. The SMILES string of the molecule is [O]=[Cr](=[O])([OH])[OH].[O]=[Cr](=[O])([OH])[OH].[O]=[Cr](=[O])([OH])[OH].[O]=[Cr](=[O])([OH])[OH].[O]=[Cr](=[O])([OH])[OH].[O]=[Cr](=[O])([OH])[OH].[O]=[Cr](=[O])([OH])[OH]. The average Bonchev–Trinajstić information content (AvgIpc) is 2.06. The monoisotopic (exact) mass is 826 g/mol. The second-order valence-corrected chi connectivity index (χ2v) is 12.9. The van der Waals surface area contributed by atoms with Crippen molar-refractivity contribution in [3.8, 4) is 0 Å². The zero-order valence-corrected chi connectivity index (χ0v) is 23.8. The van der Waals surface area contributed by atoms with Gasteiger partial charge in [0.25, 0.3) is 0 Å². The van der Waals surface area contributed by atoms with Crippen molar-refractivity contribution in [1.29, 1.82) is 0 Å². The Labute approximate surface area is 205 Å². The summed E-state index contributed by atoms with van der Waals surface area (Å²) in [6.07, 6.45) is 0.